The van der Waals surface area contributed by atoms with E-state index >= 15 is 0 Å². The first-order valence-electron chi connectivity index (χ1n) is 10.8. The molecular formula is C27H23F2N3O3. The summed E-state index contributed by atoms with van der Waals surface area (Å²) in [4.78, 5) is 16.2. The average molecular weight is 475 g/mol. The molecule has 3 aromatic carbocycles. The molecule has 0 saturated heterocycles. The molecule has 0 aliphatic heterocycles. The van der Waals surface area contributed by atoms with E-state index in [1.54, 1.807) is 42.5 Å². The van der Waals surface area contributed by atoms with Gasteiger partial charge in [-0.25, -0.2) is 18.4 Å². The van der Waals surface area contributed by atoms with E-state index in [2.05, 4.69) is 10.1 Å². The van der Waals surface area contributed by atoms with Crippen molar-refractivity contribution < 1.29 is 23.4 Å². The Morgan fingerprint density at radius 1 is 1.09 bits per heavy atom. The van der Waals surface area contributed by atoms with Crippen LogP contribution in [-0.2, 0) is 12.1 Å². The summed E-state index contributed by atoms with van der Waals surface area (Å²) in [5.41, 5.74) is 0.497. The van der Waals surface area contributed by atoms with E-state index in [0.717, 1.165) is 17.2 Å². The molecule has 8 heteroatoms. The molecule has 6 nitrogen and oxygen atoms in total. The van der Waals surface area contributed by atoms with E-state index in [0.29, 0.717) is 17.4 Å². The third kappa shape index (κ3) is 6.04. The molecule has 4 aromatic rings. The molecule has 0 saturated carbocycles. The molecule has 1 unspecified atom stereocenters. The maximum atomic E-state index is 14.5. The number of carbonyl (C=O) groups is 1. The van der Waals surface area contributed by atoms with E-state index in [1.807, 2.05) is 19.1 Å². The summed E-state index contributed by atoms with van der Waals surface area (Å²) >= 11 is 0. The lowest BCUT2D eigenvalue weighted by atomic mass is 9.94. The van der Waals surface area contributed by atoms with Gasteiger partial charge in [0.2, 0.25) is 0 Å². The second-order valence-electron chi connectivity index (χ2n) is 8.17. The quantitative estimate of drug-likeness (QED) is 0.280. The molecule has 0 fully saturated rings. The molecule has 1 aromatic heterocycles. The zero-order chi connectivity index (χ0) is 24.8. The number of hydrogen-bond acceptors (Lipinski definition) is 5. The minimum Gasteiger partial charge on any atom is -0.490 e. The molecule has 1 heterocycles. The number of benzene rings is 3. The van der Waals surface area contributed by atoms with Gasteiger partial charge in [0.15, 0.2) is 5.78 Å². The Labute approximate surface area is 201 Å². The fourth-order valence-electron chi connectivity index (χ4n) is 3.52. The van der Waals surface area contributed by atoms with Crippen LogP contribution in [0.4, 0.5) is 8.78 Å². The molecule has 178 valence electrons. The summed E-state index contributed by atoms with van der Waals surface area (Å²) in [6.45, 7) is 1.48. The maximum Gasteiger partial charge on any atom is 0.185 e. The van der Waals surface area contributed by atoms with Gasteiger partial charge in [0.1, 0.15) is 42.2 Å². The first-order chi connectivity index (χ1) is 16.8. The number of ether oxygens (including phenoxy) is 1. The molecule has 0 amide bonds. The molecule has 0 aliphatic rings. The van der Waals surface area contributed by atoms with Gasteiger partial charge in [-0.05, 0) is 36.8 Å². The summed E-state index contributed by atoms with van der Waals surface area (Å²) < 4.78 is 35.0. The van der Waals surface area contributed by atoms with Crippen molar-refractivity contribution in [1.29, 1.82) is 0 Å². The second-order valence-corrected chi connectivity index (χ2v) is 8.17. The number of aryl methyl sites for hydroxylation is 1. The van der Waals surface area contributed by atoms with Crippen LogP contribution in [0.2, 0.25) is 0 Å². The lowest BCUT2D eigenvalue weighted by Gasteiger charge is -2.29. The van der Waals surface area contributed by atoms with Gasteiger partial charge in [-0.1, -0.05) is 54.1 Å². The van der Waals surface area contributed by atoms with Crippen molar-refractivity contribution in [3.8, 4) is 5.75 Å². The van der Waals surface area contributed by atoms with Crippen LogP contribution >= 0.6 is 0 Å². The van der Waals surface area contributed by atoms with Crippen molar-refractivity contribution in [1.82, 2.24) is 14.8 Å². The third-order valence-corrected chi connectivity index (χ3v) is 5.44. The largest absolute Gasteiger partial charge is 0.490 e. The Morgan fingerprint density at radius 2 is 1.83 bits per heavy atom. The molecular weight excluding hydrogens is 452 g/mol. The number of halogens is 2. The highest BCUT2D eigenvalue weighted by atomic mass is 19.1. The van der Waals surface area contributed by atoms with Crippen molar-refractivity contribution in [2.75, 3.05) is 6.61 Å². The van der Waals surface area contributed by atoms with Crippen molar-refractivity contribution in [2.45, 2.75) is 19.1 Å². The summed E-state index contributed by atoms with van der Waals surface area (Å²) in [5, 5.41) is 15.2. The Morgan fingerprint density at radius 3 is 2.49 bits per heavy atom. The highest BCUT2D eigenvalue weighted by molar-refractivity contribution is 6.06. The third-order valence-electron chi connectivity index (χ3n) is 5.44. The highest BCUT2D eigenvalue weighted by Gasteiger charge is 2.34. The Kier molecular flexibility index (Phi) is 7.12. The number of aliphatic hydroxyl groups is 1. The zero-order valence-electron chi connectivity index (χ0n) is 18.9. The van der Waals surface area contributed by atoms with Gasteiger partial charge in [0, 0.05) is 17.2 Å². The van der Waals surface area contributed by atoms with Crippen LogP contribution in [0.5, 0.6) is 5.75 Å². The van der Waals surface area contributed by atoms with Gasteiger partial charge in [0.05, 0.1) is 6.54 Å². The van der Waals surface area contributed by atoms with Crippen LogP contribution in [0, 0.1) is 18.6 Å². The summed E-state index contributed by atoms with van der Waals surface area (Å²) in [6, 6.07) is 17.2. The van der Waals surface area contributed by atoms with E-state index in [9.17, 15) is 18.7 Å². The second kappa shape index (κ2) is 10.4. The Hall–Kier alpha value is -4.17. The predicted octanol–water partition coefficient (Wildman–Crippen LogP) is 4.73. The topological polar surface area (TPSA) is 77.2 Å². The molecule has 0 aliphatic carbocycles. The Bertz CT molecular complexity index is 1320. The highest BCUT2D eigenvalue weighted by Crippen LogP contribution is 2.28. The lowest BCUT2D eigenvalue weighted by Crippen LogP contribution is -2.39. The first kappa shape index (κ1) is 24.0. The van der Waals surface area contributed by atoms with Crippen LogP contribution in [-0.4, -0.2) is 32.3 Å². The summed E-state index contributed by atoms with van der Waals surface area (Å²) in [6.07, 6.45) is 5.86. The van der Waals surface area contributed by atoms with Crippen LogP contribution in [0.1, 0.15) is 27.0 Å². The van der Waals surface area contributed by atoms with Crippen molar-refractivity contribution >= 4 is 11.9 Å². The van der Waals surface area contributed by atoms with Gasteiger partial charge < -0.3 is 9.84 Å². The standard InChI is InChI=1S/C27H23F2N3O3/c1-19-2-7-21(8-3-19)26(33)13-6-20-4-10-23(11-5-20)35-16-27(34,15-32-18-30-17-31-32)24-12-9-22(28)14-25(24)29/h2-14,17-18,34H,15-16H2,1H3/b13-6+. The van der Waals surface area contributed by atoms with E-state index in [-0.39, 0.29) is 24.5 Å². The number of rotatable bonds is 9. The molecule has 0 bridgehead atoms. The molecule has 4 rings (SSSR count). The molecule has 0 spiro atoms. The Balaban J connectivity index is 1.46. The molecule has 35 heavy (non-hydrogen) atoms. The minimum absolute atomic E-state index is 0.107. The number of aromatic nitrogens is 3. The lowest BCUT2D eigenvalue weighted by molar-refractivity contribution is -0.0297. The van der Waals surface area contributed by atoms with Gasteiger partial charge in [0.25, 0.3) is 0 Å². The monoisotopic (exact) mass is 475 g/mol. The van der Waals surface area contributed by atoms with E-state index < -0.39 is 17.2 Å². The number of ketones is 1. The van der Waals surface area contributed by atoms with Crippen LogP contribution in [0.15, 0.2) is 85.5 Å². The number of nitrogens with zero attached hydrogens (tertiary/aromatic N) is 3. The number of carbonyl (C=O) groups excluding carboxylic acids is 1. The normalized spacial score (nSPS) is 13.0. The van der Waals surface area contributed by atoms with Crippen LogP contribution in [0.25, 0.3) is 6.08 Å². The number of allylic oxidation sites excluding steroid dienone is 1. The van der Waals surface area contributed by atoms with Crippen molar-refractivity contribution in [3.63, 3.8) is 0 Å². The fraction of sp³-hybridized carbons (Fsp3) is 0.148. The molecule has 1 N–H and O–H groups in total. The average Bonchev–Trinajstić information content (AvgIpc) is 3.35. The minimum atomic E-state index is -1.84. The predicted molar refractivity (Wildman–Crippen MR) is 127 cm³/mol. The summed E-state index contributed by atoms with van der Waals surface area (Å²) in [7, 11) is 0. The molecule has 1 atom stereocenters. The van der Waals surface area contributed by atoms with E-state index in [1.165, 1.54) is 29.5 Å². The van der Waals surface area contributed by atoms with Crippen molar-refractivity contribution in [3.05, 3.63) is 119 Å². The van der Waals surface area contributed by atoms with Crippen LogP contribution < -0.4 is 4.74 Å². The number of hydrogen-bond donors (Lipinski definition) is 1. The zero-order valence-corrected chi connectivity index (χ0v) is 18.9. The van der Waals surface area contributed by atoms with E-state index in [4.69, 9.17) is 4.74 Å². The van der Waals surface area contributed by atoms with Crippen molar-refractivity contribution in [2.24, 2.45) is 0 Å². The smallest absolute Gasteiger partial charge is 0.185 e. The van der Waals surface area contributed by atoms with Gasteiger partial charge >= 0.3 is 0 Å². The summed E-state index contributed by atoms with van der Waals surface area (Å²) in [5.74, 6) is -1.33. The first-order valence-corrected chi connectivity index (χ1v) is 10.8. The van der Waals surface area contributed by atoms with Crippen LogP contribution in [0.3, 0.4) is 0 Å². The SMILES string of the molecule is Cc1ccc(C(=O)/C=C/c2ccc(OCC(O)(Cn3cncn3)c3ccc(F)cc3F)cc2)cc1. The van der Waals surface area contributed by atoms with Gasteiger partial charge in [-0.2, -0.15) is 5.10 Å². The molecule has 0 radical (unpaired) electrons. The van der Waals surface area contributed by atoms with Gasteiger partial charge in [-0.3, -0.25) is 4.79 Å². The fourth-order valence-corrected chi connectivity index (χ4v) is 3.52. The maximum absolute atomic E-state index is 14.5. The van der Waals surface area contributed by atoms with Gasteiger partial charge in [-0.15, -0.1) is 0 Å².